The highest BCUT2D eigenvalue weighted by molar-refractivity contribution is 6.55. The highest BCUT2D eigenvalue weighted by atomic mass is 16.3. The van der Waals surface area contributed by atoms with E-state index in [0.717, 1.165) is 74.5 Å². The number of aromatic nitrogens is 2. The molecule has 4 amide bonds. The standard InChI is InChI=1S/C49H64BN9O5/c1-30(54-45(61)41-29-64-47(56-41)33-21-23-53-24-22-33)27-59(52-7)38-19-17-36(18-20-38)50-37-16-15-34-26-42(46(62)55-40-14-10-12-32-11-8-9-13-39(32)40)58(28-35(34)25-37)48(63)43(49(3,4)5)57-44(60)31(2)51-6/h8-9,11,13,15-16,21-25,27,29,31,36,38,40,42-43,50-52H,10,12,14,17-20,26,28H2,1-7H3,(H,54,61)(H,55,62)(H,57,60)/b30-27+/t31-,36?,38?,40+,42-,43+/m0/s1. The first-order chi connectivity index (χ1) is 30.7. The lowest BCUT2D eigenvalue weighted by molar-refractivity contribution is -0.147. The Morgan fingerprint density at radius 2 is 1.70 bits per heavy atom. The fraction of sp³-hybridized carbons (Fsp3) is 0.469. The van der Waals surface area contributed by atoms with Crippen LogP contribution < -0.4 is 32.2 Å². The number of pyridine rings is 1. The van der Waals surface area contributed by atoms with Crippen molar-refractivity contribution in [3.8, 4) is 11.5 Å². The molecule has 2 aromatic carbocycles. The molecule has 2 aromatic heterocycles. The van der Waals surface area contributed by atoms with E-state index in [9.17, 15) is 19.2 Å². The number of hydrogen-bond donors (Lipinski definition) is 5. The molecule has 5 N–H and O–H groups in total. The maximum atomic E-state index is 14.8. The molecule has 0 radical (unpaired) electrons. The summed E-state index contributed by atoms with van der Waals surface area (Å²) >= 11 is 0. The summed E-state index contributed by atoms with van der Waals surface area (Å²) in [5.41, 5.74) is 10.0. The van der Waals surface area contributed by atoms with Gasteiger partial charge in [-0.1, -0.05) is 87.4 Å². The number of hydrazine groups is 1. The number of likely N-dealkylation sites (N-methyl/N-ethyl adjacent to an activating group) is 1. The summed E-state index contributed by atoms with van der Waals surface area (Å²) < 4.78 is 5.54. The predicted octanol–water partition coefficient (Wildman–Crippen LogP) is 4.84. The molecule has 1 saturated carbocycles. The second-order valence-corrected chi connectivity index (χ2v) is 18.8. The lowest BCUT2D eigenvalue weighted by Gasteiger charge is -2.42. The van der Waals surface area contributed by atoms with E-state index in [-0.39, 0.29) is 48.0 Å². The van der Waals surface area contributed by atoms with Crippen LogP contribution >= 0.6 is 0 Å². The normalized spacial score (nSPS) is 20.8. The van der Waals surface area contributed by atoms with Gasteiger partial charge in [0.05, 0.1) is 12.1 Å². The number of oxazole rings is 1. The molecule has 0 unspecified atom stereocenters. The van der Waals surface area contributed by atoms with Gasteiger partial charge in [0.25, 0.3) is 5.91 Å². The number of fused-ring (bicyclic) bond motifs is 2. The Balaban J connectivity index is 1.02. The number of carbonyl (C=O) groups excluding carboxylic acids is 4. The van der Waals surface area contributed by atoms with Gasteiger partial charge < -0.3 is 35.6 Å². The molecule has 4 aromatic rings. The Morgan fingerprint density at radius 1 is 0.953 bits per heavy atom. The molecule has 4 atom stereocenters. The van der Waals surface area contributed by atoms with Crippen LogP contribution in [0.15, 0.2) is 89.6 Å². The lowest BCUT2D eigenvalue weighted by atomic mass is 9.54. The molecule has 7 rings (SSSR count). The Kier molecular flexibility index (Phi) is 14.7. The first kappa shape index (κ1) is 46.2. The second kappa shape index (κ2) is 20.4. The largest absolute Gasteiger partial charge is 0.444 e. The van der Waals surface area contributed by atoms with Crippen LogP contribution in [0, 0.1) is 5.41 Å². The molecule has 0 saturated heterocycles. The number of carbonyl (C=O) groups is 4. The second-order valence-electron chi connectivity index (χ2n) is 18.8. The maximum Gasteiger partial charge on any atom is 0.277 e. The van der Waals surface area contributed by atoms with Crippen molar-refractivity contribution in [2.45, 2.75) is 129 Å². The first-order valence-electron chi connectivity index (χ1n) is 22.8. The minimum Gasteiger partial charge on any atom is -0.444 e. The van der Waals surface area contributed by atoms with Crippen molar-refractivity contribution in [1.82, 2.24) is 46.6 Å². The summed E-state index contributed by atoms with van der Waals surface area (Å²) in [5.74, 6) is -0.199. The van der Waals surface area contributed by atoms with Crippen LogP contribution in [0.3, 0.4) is 0 Å². The average molecular weight is 870 g/mol. The van der Waals surface area contributed by atoms with Crippen molar-refractivity contribution in [2.24, 2.45) is 5.41 Å². The van der Waals surface area contributed by atoms with Crippen LogP contribution in [0.4, 0.5) is 0 Å². The van der Waals surface area contributed by atoms with Crippen LogP contribution in [0.25, 0.3) is 11.5 Å². The number of allylic oxidation sites excluding steroid dienone is 1. The van der Waals surface area contributed by atoms with Crippen molar-refractivity contribution in [1.29, 1.82) is 0 Å². The number of nitrogens with one attached hydrogen (secondary N) is 5. The molecule has 3 heterocycles. The molecular formula is C49H64BN9O5. The lowest BCUT2D eigenvalue weighted by Crippen LogP contribution is -2.62. The molecule has 0 bridgehead atoms. The molecule has 338 valence electrons. The van der Waals surface area contributed by atoms with E-state index in [2.05, 4.69) is 72.0 Å². The first-order valence-corrected chi connectivity index (χ1v) is 22.8. The summed E-state index contributed by atoms with van der Waals surface area (Å²) in [7, 11) is 4.52. The number of benzene rings is 2. The molecule has 14 nitrogen and oxygen atoms in total. The van der Waals surface area contributed by atoms with E-state index in [1.54, 1.807) is 43.4 Å². The summed E-state index contributed by atoms with van der Waals surface area (Å²) in [6.07, 6.45) is 13.8. The minimum atomic E-state index is -0.840. The number of amides is 4. The van der Waals surface area contributed by atoms with Crippen LogP contribution in [-0.4, -0.2) is 89.0 Å². The highest BCUT2D eigenvalue weighted by Gasteiger charge is 2.43. The number of nitrogens with zero attached hydrogens (tertiary/aromatic N) is 4. The van der Waals surface area contributed by atoms with Gasteiger partial charge in [-0.05, 0) is 92.8 Å². The van der Waals surface area contributed by atoms with Gasteiger partial charge in [0.2, 0.25) is 23.6 Å². The number of hydrogen-bond acceptors (Lipinski definition) is 10. The minimum absolute atomic E-state index is 0.123. The monoisotopic (exact) mass is 870 g/mol. The Bertz CT molecular complexity index is 2320. The Morgan fingerprint density at radius 3 is 2.42 bits per heavy atom. The van der Waals surface area contributed by atoms with Gasteiger partial charge in [-0.25, -0.2) is 10.4 Å². The van der Waals surface area contributed by atoms with E-state index in [1.807, 2.05) is 53.1 Å². The van der Waals surface area contributed by atoms with E-state index < -0.39 is 23.5 Å². The van der Waals surface area contributed by atoms with Crippen LogP contribution in [0.1, 0.15) is 112 Å². The van der Waals surface area contributed by atoms with Gasteiger partial charge in [-0.3, -0.25) is 24.2 Å². The molecule has 1 fully saturated rings. The number of rotatable bonds is 14. The van der Waals surface area contributed by atoms with E-state index in [0.29, 0.717) is 23.8 Å². The third-order valence-electron chi connectivity index (χ3n) is 13.2. The Hall–Kier alpha value is -5.80. The van der Waals surface area contributed by atoms with Crippen LogP contribution in [-0.2, 0) is 33.8 Å². The van der Waals surface area contributed by atoms with E-state index >= 15 is 0 Å². The van der Waals surface area contributed by atoms with Gasteiger partial charge in [-0.15, -0.1) is 0 Å². The fourth-order valence-electron chi connectivity index (χ4n) is 9.42. The molecule has 3 aliphatic rings. The molecule has 1 aliphatic heterocycles. The zero-order valence-electron chi connectivity index (χ0n) is 38.4. The van der Waals surface area contributed by atoms with Crippen molar-refractivity contribution in [2.75, 3.05) is 14.1 Å². The van der Waals surface area contributed by atoms with Crippen molar-refractivity contribution >= 4 is 36.4 Å². The fourth-order valence-corrected chi connectivity index (χ4v) is 9.42. The molecule has 15 heteroatoms. The van der Waals surface area contributed by atoms with Crippen molar-refractivity contribution in [3.05, 3.63) is 113 Å². The topological polar surface area (TPSA) is 174 Å². The van der Waals surface area contributed by atoms with Gasteiger partial charge >= 0.3 is 0 Å². The van der Waals surface area contributed by atoms with Crippen LogP contribution in [0.2, 0.25) is 5.82 Å². The molecule has 64 heavy (non-hydrogen) atoms. The van der Waals surface area contributed by atoms with Crippen LogP contribution in [0.5, 0.6) is 0 Å². The zero-order chi connectivity index (χ0) is 45.5. The molecule has 2 aliphatic carbocycles. The maximum absolute atomic E-state index is 14.8. The summed E-state index contributed by atoms with van der Waals surface area (Å²) in [4.78, 5) is 65.6. The molecule has 0 spiro atoms. The smallest absolute Gasteiger partial charge is 0.277 e. The van der Waals surface area contributed by atoms with Gasteiger partial charge in [0, 0.05) is 55.9 Å². The van der Waals surface area contributed by atoms with Gasteiger partial charge in [-0.2, -0.15) is 0 Å². The van der Waals surface area contributed by atoms with E-state index in [1.165, 1.54) is 17.3 Å². The van der Waals surface area contributed by atoms with Crippen molar-refractivity contribution < 1.29 is 23.6 Å². The van der Waals surface area contributed by atoms with Crippen molar-refractivity contribution in [3.63, 3.8) is 0 Å². The third kappa shape index (κ3) is 10.9. The van der Waals surface area contributed by atoms with E-state index in [4.69, 9.17) is 4.42 Å². The number of aryl methyl sites for hydroxylation is 1. The third-order valence-corrected chi connectivity index (χ3v) is 13.2. The van der Waals surface area contributed by atoms with Gasteiger partial charge in [0.15, 0.2) is 13.0 Å². The molecular weight excluding hydrogens is 805 g/mol. The summed E-state index contributed by atoms with van der Waals surface area (Å²) in [5, 5.41) is 14.4. The highest BCUT2D eigenvalue weighted by Crippen LogP contribution is 2.34. The summed E-state index contributed by atoms with van der Waals surface area (Å²) in [6.45, 7) is 9.75. The average Bonchev–Trinajstić information content (AvgIpc) is 3.80. The zero-order valence-corrected chi connectivity index (χ0v) is 38.4. The SMILES string of the molecule is CN[C@@H](C)C(=O)N[C@H](C(=O)N1Cc2cc(BC3CCC(N(/C=C(\C)NC(=O)c4coc(-c5ccncc5)n4)NC)CC3)ccc2C[C@H]1C(=O)N[C@@H]1CCCc2ccccc21)C(C)(C)C. The Labute approximate surface area is 378 Å². The summed E-state index contributed by atoms with van der Waals surface area (Å²) in [6, 6.07) is 16.5. The predicted molar refractivity (Wildman–Crippen MR) is 249 cm³/mol. The quantitative estimate of drug-likeness (QED) is 0.0872. The van der Waals surface area contributed by atoms with Gasteiger partial charge in [0.1, 0.15) is 18.3 Å².